The number of nitrogens with zero attached hydrogens (tertiary/aromatic N) is 2. The Balaban J connectivity index is 2.32. The van der Waals surface area contributed by atoms with Gasteiger partial charge in [-0.15, -0.1) is 0 Å². The van der Waals surface area contributed by atoms with E-state index in [1.165, 1.54) is 6.07 Å². The zero-order chi connectivity index (χ0) is 14.8. The van der Waals surface area contributed by atoms with Gasteiger partial charge >= 0.3 is 12.1 Å². The fourth-order valence-corrected chi connectivity index (χ4v) is 1.80. The molecule has 0 aliphatic rings. The van der Waals surface area contributed by atoms with Crippen molar-refractivity contribution in [1.82, 2.24) is 9.78 Å². The average molecular weight is 284 g/mol. The summed E-state index contributed by atoms with van der Waals surface area (Å²) in [6.07, 6.45) is -4.58. The quantitative estimate of drug-likeness (QED) is 0.938. The van der Waals surface area contributed by atoms with Crippen LogP contribution in [-0.2, 0) is 4.79 Å². The zero-order valence-electron chi connectivity index (χ0n) is 10.2. The first-order valence-electron chi connectivity index (χ1n) is 5.77. The third-order valence-corrected chi connectivity index (χ3v) is 2.74. The first-order chi connectivity index (χ1) is 9.38. The summed E-state index contributed by atoms with van der Waals surface area (Å²) < 4.78 is 39.2. The highest BCUT2D eigenvalue weighted by atomic mass is 19.4. The largest absolute Gasteiger partial charge is 0.481 e. The molecular weight excluding hydrogens is 273 g/mol. The van der Waals surface area contributed by atoms with Crippen LogP contribution in [0, 0.1) is 0 Å². The summed E-state index contributed by atoms with van der Waals surface area (Å²) in [5.41, 5.74) is 1.03. The maximum absolute atomic E-state index is 12.9. The van der Waals surface area contributed by atoms with E-state index in [-0.39, 0.29) is 0 Å². The monoisotopic (exact) mass is 284 g/mol. The lowest BCUT2D eigenvalue weighted by Crippen LogP contribution is -2.29. The van der Waals surface area contributed by atoms with Gasteiger partial charge in [-0.3, -0.25) is 9.48 Å². The van der Waals surface area contributed by atoms with Crippen LogP contribution in [-0.4, -0.2) is 27.0 Å². The maximum Gasteiger partial charge on any atom is 0.411 e. The van der Waals surface area contributed by atoms with E-state index in [9.17, 15) is 18.0 Å². The second kappa shape index (κ2) is 5.36. The number of alkyl halides is 3. The van der Waals surface area contributed by atoms with Crippen LogP contribution in [0.25, 0.3) is 11.3 Å². The standard InChI is InChI=1S/C13H11F3N2O2/c14-13(15,16)11(8-12(19)20)18-7-6-10(17-18)9-4-2-1-3-5-9/h1-7,11H,8H2,(H,19,20). The van der Waals surface area contributed by atoms with Crippen LogP contribution < -0.4 is 0 Å². The minimum Gasteiger partial charge on any atom is -0.481 e. The number of carboxylic acid groups (broad SMARTS) is 1. The van der Waals surface area contributed by atoms with Gasteiger partial charge in [-0.2, -0.15) is 18.3 Å². The molecule has 0 aliphatic heterocycles. The molecule has 0 radical (unpaired) electrons. The number of hydrogen-bond acceptors (Lipinski definition) is 2. The van der Waals surface area contributed by atoms with Crippen molar-refractivity contribution in [2.24, 2.45) is 0 Å². The van der Waals surface area contributed by atoms with Gasteiger partial charge < -0.3 is 5.11 Å². The van der Waals surface area contributed by atoms with E-state index >= 15 is 0 Å². The van der Waals surface area contributed by atoms with E-state index in [1.54, 1.807) is 30.3 Å². The molecule has 1 aromatic heterocycles. The number of carboxylic acids is 1. The topological polar surface area (TPSA) is 55.1 Å². The highest BCUT2D eigenvalue weighted by Gasteiger charge is 2.43. The van der Waals surface area contributed by atoms with Crippen molar-refractivity contribution in [3.8, 4) is 11.3 Å². The highest BCUT2D eigenvalue weighted by molar-refractivity contribution is 5.67. The number of aromatic nitrogens is 2. The van der Waals surface area contributed by atoms with Gasteiger partial charge in [0.2, 0.25) is 0 Å². The molecule has 1 unspecified atom stereocenters. The van der Waals surface area contributed by atoms with Crippen molar-refractivity contribution in [3.05, 3.63) is 42.6 Å². The summed E-state index contributed by atoms with van der Waals surface area (Å²) in [7, 11) is 0. The van der Waals surface area contributed by atoms with Gasteiger partial charge in [0.1, 0.15) is 0 Å². The third-order valence-electron chi connectivity index (χ3n) is 2.74. The Kier molecular flexibility index (Phi) is 3.78. The van der Waals surface area contributed by atoms with Crippen molar-refractivity contribution in [2.75, 3.05) is 0 Å². The molecule has 1 atom stereocenters. The summed E-state index contributed by atoms with van der Waals surface area (Å²) in [4.78, 5) is 10.6. The Morgan fingerprint density at radius 1 is 1.25 bits per heavy atom. The molecule has 7 heteroatoms. The first-order valence-corrected chi connectivity index (χ1v) is 5.77. The Morgan fingerprint density at radius 3 is 2.45 bits per heavy atom. The number of carbonyl (C=O) groups is 1. The predicted octanol–water partition coefficient (Wildman–Crippen LogP) is 3.13. The van der Waals surface area contributed by atoms with Gasteiger partial charge in [-0.05, 0) is 6.07 Å². The van der Waals surface area contributed by atoms with Crippen LogP contribution in [0.2, 0.25) is 0 Å². The number of hydrogen-bond donors (Lipinski definition) is 1. The molecule has 0 aliphatic carbocycles. The van der Waals surface area contributed by atoms with Crippen LogP contribution in [0.4, 0.5) is 13.2 Å². The molecule has 0 saturated heterocycles. The van der Waals surface area contributed by atoms with E-state index in [1.807, 2.05) is 0 Å². The van der Waals surface area contributed by atoms with Gasteiger partial charge in [0.05, 0.1) is 12.1 Å². The summed E-state index contributed by atoms with van der Waals surface area (Å²) in [6.45, 7) is 0. The van der Waals surface area contributed by atoms with E-state index < -0.39 is 24.6 Å². The summed E-state index contributed by atoms with van der Waals surface area (Å²) in [5.74, 6) is -1.52. The summed E-state index contributed by atoms with van der Waals surface area (Å²) >= 11 is 0. The molecule has 106 valence electrons. The molecule has 1 aromatic carbocycles. The van der Waals surface area contributed by atoms with E-state index in [4.69, 9.17) is 5.11 Å². The molecule has 2 rings (SSSR count). The van der Waals surface area contributed by atoms with E-state index in [0.717, 1.165) is 6.20 Å². The molecule has 4 nitrogen and oxygen atoms in total. The molecule has 0 saturated carbocycles. The Bertz CT molecular complexity index is 593. The van der Waals surface area contributed by atoms with Crippen LogP contribution >= 0.6 is 0 Å². The van der Waals surface area contributed by atoms with Crippen LogP contribution in [0.15, 0.2) is 42.6 Å². The van der Waals surface area contributed by atoms with Gasteiger partial charge in [0.15, 0.2) is 6.04 Å². The minimum atomic E-state index is -4.67. The van der Waals surface area contributed by atoms with E-state index in [0.29, 0.717) is 15.9 Å². The first kappa shape index (κ1) is 14.1. The van der Waals surface area contributed by atoms with Crippen LogP contribution in [0.1, 0.15) is 12.5 Å². The lowest BCUT2D eigenvalue weighted by Gasteiger charge is -2.18. The average Bonchev–Trinajstić information content (AvgIpc) is 2.84. The van der Waals surface area contributed by atoms with Crippen LogP contribution in [0.3, 0.4) is 0 Å². The molecule has 0 spiro atoms. The predicted molar refractivity (Wildman–Crippen MR) is 65.0 cm³/mol. The number of rotatable bonds is 4. The molecule has 20 heavy (non-hydrogen) atoms. The molecular formula is C13H11F3N2O2. The zero-order valence-corrected chi connectivity index (χ0v) is 10.2. The lowest BCUT2D eigenvalue weighted by molar-refractivity contribution is -0.179. The Labute approximate surface area is 112 Å². The maximum atomic E-state index is 12.9. The Hall–Kier alpha value is -2.31. The molecule has 0 fully saturated rings. The number of halogens is 3. The highest BCUT2D eigenvalue weighted by Crippen LogP contribution is 2.33. The van der Waals surface area contributed by atoms with Gasteiger partial charge in [0, 0.05) is 11.8 Å². The Morgan fingerprint density at radius 2 is 1.90 bits per heavy atom. The van der Waals surface area contributed by atoms with Gasteiger partial charge in [0.25, 0.3) is 0 Å². The van der Waals surface area contributed by atoms with Crippen molar-refractivity contribution in [2.45, 2.75) is 18.6 Å². The van der Waals surface area contributed by atoms with Gasteiger partial charge in [-0.1, -0.05) is 30.3 Å². The number of aliphatic carboxylic acids is 1. The molecule has 0 bridgehead atoms. The third kappa shape index (κ3) is 3.17. The fraction of sp³-hybridized carbons (Fsp3) is 0.231. The lowest BCUT2D eigenvalue weighted by atomic mass is 10.2. The summed E-state index contributed by atoms with van der Waals surface area (Å²) in [6, 6.07) is 7.95. The second-order valence-electron chi connectivity index (χ2n) is 4.20. The van der Waals surface area contributed by atoms with Gasteiger partial charge in [-0.25, -0.2) is 0 Å². The van der Waals surface area contributed by atoms with Crippen molar-refractivity contribution < 1.29 is 23.1 Å². The second-order valence-corrected chi connectivity index (χ2v) is 4.20. The van der Waals surface area contributed by atoms with E-state index in [2.05, 4.69) is 5.10 Å². The minimum absolute atomic E-state index is 0.366. The summed E-state index contributed by atoms with van der Waals surface area (Å²) in [5, 5.41) is 12.4. The van der Waals surface area contributed by atoms with Crippen molar-refractivity contribution >= 4 is 5.97 Å². The number of benzene rings is 1. The van der Waals surface area contributed by atoms with Crippen LogP contribution in [0.5, 0.6) is 0 Å². The molecule has 1 N–H and O–H groups in total. The van der Waals surface area contributed by atoms with Crippen molar-refractivity contribution in [1.29, 1.82) is 0 Å². The smallest absolute Gasteiger partial charge is 0.411 e. The fourth-order valence-electron chi connectivity index (χ4n) is 1.80. The SMILES string of the molecule is O=C(O)CC(n1ccc(-c2ccccc2)n1)C(F)(F)F. The normalized spacial score (nSPS) is 13.2. The molecule has 0 amide bonds. The molecule has 1 heterocycles. The molecule has 2 aromatic rings. The van der Waals surface area contributed by atoms with Crippen molar-refractivity contribution in [3.63, 3.8) is 0 Å².